The standard InChI is InChI=1S/C11H12Br2FNO/c1-2-15(6-5-12)11(16)9-7-8(13)3-4-10(9)14/h3-4,7H,2,5-6H2,1H3. The molecule has 1 rings (SSSR count). The number of nitrogens with zero attached hydrogens (tertiary/aromatic N) is 1. The number of benzene rings is 1. The van der Waals surface area contributed by atoms with E-state index in [4.69, 9.17) is 0 Å². The van der Waals surface area contributed by atoms with E-state index in [1.165, 1.54) is 12.1 Å². The monoisotopic (exact) mass is 351 g/mol. The van der Waals surface area contributed by atoms with Crippen LogP contribution in [-0.4, -0.2) is 29.2 Å². The molecule has 0 saturated heterocycles. The third kappa shape index (κ3) is 3.28. The van der Waals surface area contributed by atoms with Gasteiger partial charge in [0.15, 0.2) is 0 Å². The number of amides is 1. The van der Waals surface area contributed by atoms with Crippen LogP contribution in [0.5, 0.6) is 0 Å². The summed E-state index contributed by atoms with van der Waals surface area (Å²) in [5, 5.41) is 0.683. The van der Waals surface area contributed by atoms with E-state index >= 15 is 0 Å². The van der Waals surface area contributed by atoms with Crippen LogP contribution in [0.4, 0.5) is 4.39 Å². The molecule has 0 unspecified atom stereocenters. The zero-order valence-corrected chi connectivity index (χ0v) is 12.0. The molecule has 5 heteroatoms. The zero-order chi connectivity index (χ0) is 12.1. The number of carbonyl (C=O) groups is 1. The lowest BCUT2D eigenvalue weighted by molar-refractivity contribution is 0.0770. The Labute approximate surface area is 111 Å². The predicted octanol–water partition coefficient (Wildman–Crippen LogP) is 3.45. The van der Waals surface area contributed by atoms with Crippen LogP contribution in [0.3, 0.4) is 0 Å². The zero-order valence-electron chi connectivity index (χ0n) is 8.84. The Kier molecular flexibility index (Phi) is 5.41. The summed E-state index contributed by atoms with van der Waals surface area (Å²) in [6.07, 6.45) is 0. The van der Waals surface area contributed by atoms with Gasteiger partial charge in [-0.05, 0) is 25.1 Å². The van der Waals surface area contributed by atoms with Gasteiger partial charge in [-0.15, -0.1) is 0 Å². The van der Waals surface area contributed by atoms with Gasteiger partial charge in [-0.1, -0.05) is 31.9 Å². The SMILES string of the molecule is CCN(CCBr)C(=O)c1cc(Br)ccc1F. The summed E-state index contributed by atoms with van der Waals surface area (Å²) in [5.74, 6) is -0.762. The highest BCUT2D eigenvalue weighted by Crippen LogP contribution is 2.17. The molecule has 2 nitrogen and oxygen atoms in total. The van der Waals surface area contributed by atoms with Crippen molar-refractivity contribution in [1.29, 1.82) is 0 Å². The van der Waals surface area contributed by atoms with Crippen LogP contribution in [0.25, 0.3) is 0 Å². The maximum Gasteiger partial charge on any atom is 0.256 e. The molecule has 0 spiro atoms. The molecule has 0 radical (unpaired) electrons. The molecule has 88 valence electrons. The predicted molar refractivity (Wildman–Crippen MR) is 69.5 cm³/mol. The Hall–Kier alpha value is -0.420. The maximum absolute atomic E-state index is 13.5. The van der Waals surface area contributed by atoms with Gasteiger partial charge in [0.05, 0.1) is 5.56 Å². The van der Waals surface area contributed by atoms with Crippen molar-refractivity contribution in [1.82, 2.24) is 4.90 Å². The quantitative estimate of drug-likeness (QED) is 0.760. The minimum absolute atomic E-state index is 0.108. The first-order valence-electron chi connectivity index (χ1n) is 4.90. The maximum atomic E-state index is 13.5. The van der Waals surface area contributed by atoms with Crippen molar-refractivity contribution in [2.75, 3.05) is 18.4 Å². The van der Waals surface area contributed by atoms with Crippen molar-refractivity contribution in [3.05, 3.63) is 34.1 Å². The average molecular weight is 353 g/mol. The van der Waals surface area contributed by atoms with Crippen LogP contribution < -0.4 is 0 Å². The van der Waals surface area contributed by atoms with Crippen LogP contribution in [0.15, 0.2) is 22.7 Å². The number of carbonyl (C=O) groups excluding carboxylic acids is 1. The molecule has 0 fully saturated rings. The van der Waals surface area contributed by atoms with Crippen molar-refractivity contribution in [3.8, 4) is 0 Å². The van der Waals surface area contributed by atoms with E-state index in [-0.39, 0.29) is 11.5 Å². The summed E-state index contributed by atoms with van der Waals surface area (Å²) in [4.78, 5) is 13.6. The summed E-state index contributed by atoms with van der Waals surface area (Å²) in [5.41, 5.74) is 0.108. The molecule has 0 N–H and O–H groups in total. The smallest absolute Gasteiger partial charge is 0.256 e. The van der Waals surface area contributed by atoms with Gasteiger partial charge in [0.25, 0.3) is 5.91 Å². The molecule has 1 amide bonds. The van der Waals surface area contributed by atoms with Crippen molar-refractivity contribution < 1.29 is 9.18 Å². The Morgan fingerprint density at radius 3 is 2.75 bits per heavy atom. The molecular weight excluding hydrogens is 341 g/mol. The van der Waals surface area contributed by atoms with Crippen LogP contribution in [0, 0.1) is 5.82 Å². The Bertz CT molecular complexity index is 384. The summed E-state index contributed by atoms with van der Waals surface area (Å²) >= 11 is 6.50. The van der Waals surface area contributed by atoms with Gasteiger partial charge in [-0.25, -0.2) is 4.39 Å². The Balaban J connectivity index is 2.98. The molecule has 0 aromatic heterocycles. The first kappa shape index (κ1) is 13.6. The van der Waals surface area contributed by atoms with E-state index < -0.39 is 5.82 Å². The molecule has 0 saturated carbocycles. The molecule has 0 aliphatic heterocycles. The van der Waals surface area contributed by atoms with Crippen molar-refractivity contribution >= 4 is 37.8 Å². The largest absolute Gasteiger partial charge is 0.338 e. The second-order valence-electron chi connectivity index (χ2n) is 3.20. The normalized spacial score (nSPS) is 10.2. The Morgan fingerprint density at radius 2 is 2.19 bits per heavy atom. The lowest BCUT2D eigenvalue weighted by Gasteiger charge is -2.20. The minimum Gasteiger partial charge on any atom is -0.338 e. The number of hydrogen-bond donors (Lipinski definition) is 0. The number of halogens is 3. The van der Waals surface area contributed by atoms with Gasteiger partial charge < -0.3 is 4.90 Å². The van der Waals surface area contributed by atoms with E-state index in [0.717, 1.165) is 0 Å². The third-order valence-corrected chi connectivity index (χ3v) is 3.03. The van der Waals surface area contributed by atoms with Gasteiger partial charge in [-0.3, -0.25) is 4.79 Å². The summed E-state index contributed by atoms with van der Waals surface area (Å²) in [6.45, 7) is 3.01. The highest BCUT2D eigenvalue weighted by molar-refractivity contribution is 9.10. The molecule has 0 aliphatic rings. The number of rotatable bonds is 4. The highest BCUT2D eigenvalue weighted by Gasteiger charge is 2.17. The van der Waals surface area contributed by atoms with E-state index in [1.54, 1.807) is 11.0 Å². The molecule has 0 heterocycles. The fraction of sp³-hybridized carbons (Fsp3) is 0.364. The first-order chi connectivity index (χ1) is 7.60. The summed E-state index contributed by atoms with van der Waals surface area (Å²) in [7, 11) is 0. The minimum atomic E-state index is -0.485. The van der Waals surface area contributed by atoms with Crippen LogP contribution in [-0.2, 0) is 0 Å². The molecule has 16 heavy (non-hydrogen) atoms. The van der Waals surface area contributed by atoms with Crippen LogP contribution in [0.1, 0.15) is 17.3 Å². The third-order valence-electron chi connectivity index (χ3n) is 2.18. The van der Waals surface area contributed by atoms with Gasteiger partial charge in [-0.2, -0.15) is 0 Å². The number of alkyl halides is 1. The average Bonchev–Trinajstić information content (AvgIpc) is 2.28. The van der Waals surface area contributed by atoms with Gasteiger partial charge >= 0.3 is 0 Å². The van der Waals surface area contributed by atoms with Gasteiger partial charge in [0.2, 0.25) is 0 Å². The topological polar surface area (TPSA) is 20.3 Å². The molecule has 0 atom stereocenters. The van der Waals surface area contributed by atoms with Crippen LogP contribution >= 0.6 is 31.9 Å². The summed E-state index contributed by atoms with van der Waals surface area (Å²) in [6, 6.07) is 4.38. The first-order valence-corrected chi connectivity index (χ1v) is 6.82. The van der Waals surface area contributed by atoms with Gasteiger partial charge in [0, 0.05) is 22.9 Å². The molecule has 0 aliphatic carbocycles. The molecular formula is C11H12Br2FNO. The van der Waals surface area contributed by atoms with E-state index in [9.17, 15) is 9.18 Å². The molecule has 1 aromatic carbocycles. The Morgan fingerprint density at radius 1 is 1.50 bits per heavy atom. The van der Waals surface area contributed by atoms with E-state index in [1.807, 2.05) is 6.92 Å². The van der Waals surface area contributed by atoms with Crippen LogP contribution in [0.2, 0.25) is 0 Å². The van der Waals surface area contributed by atoms with Gasteiger partial charge in [0.1, 0.15) is 5.82 Å². The fourth-order valence-electron chi connectivity index (χ4n) is 1.34. The lowest BCUT2D eigenvalue weighted by atomic mass is 10.2. The van der Waals surface area contributed by atoms with E-state index in [2.05, 4.69) is 31.9 Å². The second kappa shape index (κ2) is 6.35. The van der Waals surface area contributed by atoms with Crippen molar-refractivity contribution in [3.63, 3.8) is 0 Å². The summed E-state index contributed by atoms with van der Waals surface area (Å²) < 4.78 is 14.2. The van der Waals surface area contributed by atoms with Crippen molar-refractivity contribution in [2.45, 2.75) is 6.92 Å². The second-order valence-corrected chi connectivity index (χ2v) is 4.91. The van der Waals surface area contributed by atoms with Crippen molar-refractivity contribution in [2.24, 2.45) is 0 Å². The highest BCUT2D eigenvalue weighted by atomic mass is 79.9. The number of hydrogen-bond acceptors (Lipinski definition) is 1. The lowest BCUT2D eigenvalue weighted by Crippen LogP contribution is -2.33. The fourth-order valence-corrected chi connectivity index (χ4v) is 2.13. The van der Waals surface area contributed by atoms with E-state index in [0.29, 0.717) is 22.9 Å². The molecule has 1 aromatic rings. The molecule has 0 bridgehead atoms.